The molecule has 0 amide bonds. The molecule has 0 unspecified atom stereocenters. The number of nitrogens with zero attached hydrogens (tertiary/aromatic N) is 6. The summed E-state index contributed by atoms with van der Waals surface area (Å²) in [4.78, 5) is 10.8. The van der Waals surface area contributed by atoms with E-state index in [1.54, 1.807) is 11.0 Å². The van der Waals surface area contributed by atoms with Gasteiger partial charge in [0.2, 0.25) is 0 Å². The predicted molar refractivity (Wildman–Crippen MR) is 78.4 cm³/mol. The zero-order valence-electron chi connectivity index (χ0n) is 10.6. The van der Waals surface area contributed by atoms with Gasteiger partial charge in [0.1, 0.15) is 6.33 Å². The molecule has 1 aliphatic rings. The molecule has 0 aromatic carbocycles. The van der Waals surface area contributed by atoms with E-state index in [-0.39, 0.29) is 24.8 Å². The molecular formula is C10H17Cl2N7. The van der Waals surface area contributed by atoms with Crippen molar-refractivity contribution >= 4 is 41.8 Å². The Hall–Kier alpha value is -1.18. The molecule has 3 heterocycles. The molecular weight excluding hydrogens is 289 g/mol. The molecule has 1 N–H and O–H groups in total. The summed E-state index contributed by atoms with van der Waals surface area (Å²) in [5, 5.41) is 11.6. The third-order valence-electron chi connectivity index (χ3n) is 3.00. The molecule has 7 nitrogen and oxygen atoms in total. The van der Waals surface area contributed by atoms with Crippen LogP contribution in [0.15, 0.2) is 6.33 Å². The fraction of sp³-hybridized carbons (Fsp3) is 0.600. The second kappa shape index (κ2) is 6.83. The van der Waals surface area contributed by atoms with Gasteiger partial charge in [0, 0.05) is 32.7 Å². The lowest BCUT2D eigenvalue weighted by Gasteiger charge is -2.28. The number of nitrogens with one attached hydrogen (secondary N) is 1. The molecule has 0 bridgehead atoms. The number of aromatic nitrogens is 5. The maximum absolute atomic E-state index is 4.35. The summed E-state index contributed by atoms with van der Waals surface area (Å²) in [5.74, 6) is 0.899. The second-order valence-corrected chi connectivity index (χ2v) is 4.01. The number of rotatable bonds is 2. The van der Waals surface area contributed by atoms with Crippen LogP contribution in [0.5, 0.6) is 0 Å². The Morgan fingerprint density at radius 3 is 2.63 bits per heavy atom. The van der Waals surface area contributed by atoms with E-state index in [0.717, 1.165) is 49.7 Å². The smallest absolute Gasteiger partial charge is 0.183 e. The molecule has 0 radical (unpaired) electrons. The standard InChI is InChI=1S/C10H15N7.2ClH/c1-2-17-10-8(14-15-17)9(12-7-13-10)16-5-3-11-4-6-16;;/h7,11H,2-6H2,1H3;2*1H. The number of fused-ring (bicyclic) bond motifs is 1. The van der Waals surface area contributed by atoms with Crippen molar-refractivity contribution in [2.24, 2.45) is 0 Å². The molecule has 19 heavy (non-hydrogen) atoms. The van der Waals surface area contributed by atoms with Crippen molar-refractivity contribution in [1.29, 1.82) is 0 Å². The molecule has 3 rings (SSSR count). The van der Waals surface area contributed by atoms with Crippen molar-refractivity contribution in [1.82, 2.24) is 30.3 Å². The number of anilines is 1. The van der Waals surface area contributed by atoms with Crippen LogP contribution in [0, 0.1) is 0 Å². The van der Waals surface area contributed by atoms with E-state index in [4.69, 9.17) is 0 Å². The summed E-state index contributed by atoms with van der Waals surface area (Å²) in [7, 11) is 0. The minimum absolute atomic E-state index is 0. The van der Waals surface area contributed by atoms with Crippen molar-refractivity contribution in [3.05, 3.63) is 6.33 Å². The van der Waals surface area contributed by atoms with Gasteiger partial charge in [-0.3, -0.25) is 0 Å². The van der Waals surface area contributed by atoms with E-state index in [0.29, 0.717) is 0 Å². The minimum Gasteiger partial charge on any atom is -0.352 e. The normalized spacial score (nSPS) is 14.9. The lowest BCUT2D eigenvalue weighted by Crippen LogP contribution is -2.44. The maximum Gasteiger partial charge on any atom is 0.183 e. The molecule has 9 heteroatoms. The first-order valence-corrected chi connectivity index (χ1v) is 5.90. The van der Waals surface area contributed by atoms with Crippen LogP contribution in [-0.4, -0.2) is 51.1 Å². The number of hydrogen-bond acceptors (Lipinski definition) is 6. The summed E-state index contributed by atoms with van der Waals surface area (Å²) in [5.41, 5.74) is 1.62. The molecule has 0 atom stereocenters. The van der Waals surface area contributed by atoms with E-state index < -0.39 is 0 Å². The summed E-state index contributed by atoms with van der Waals surface area (Å²) >= 11 is 0. The molecule has 0 saturated carbocycles. The van der Waals surface area contributed by atoms with Gasteiger partial charge in [-0.05, 0) is 6.92 Å². The number of hydrogen-bond donors (Lipinski definition) is 1. The average Bonchev–Trinajstić information content (AvgIpc) is 2.82. The Balaban J connectivity index is 0.000000902. The van der Waals surface area contributed by atoms with E-state index in [2.05, 4.69) is 30.5 Å². The summed E-state index contributed by atoms with van der Waals surface area (Å²) in [6, 6.07) is 0. The van der Waals surface area contributed by atoms with Gasteiger partial charge in [-0.1, -0.05) is 5.21 Å². The third-order valence-corrected chi connectivity index (χ3v) is 3.00. The fourth-order valence-corrected chi connectivity index (χ4v) is 2.10. The van der Waals surface area contributed by atoms with Gasteiger partial charge in [-0.2, -0.15) is 0 Å². The highest BCUT2D eigenvalue weighted by Crippen LogP contribution is 2.20. The quantitative estimate of drug-likeness (QED) is 0.871. The monoisotopic (exact) mass is 305 g/mol. The lowest BCUT2D eigenvalue weighted by molar-refractivity contribution is 0.585. The van der Waals surface area contributed by atoms with E-state index in [1.165, 1.54) is 0 Å². The highest BCUT2D eigenvalue weighted by molar-refractivity contribution is 5.85. The predicted octanol–water partition coefficient (Wildman–Crippen LogP) is 0.494. The highest BCUT2D eigenvalue weighted by Gasteiger charge is 2.18. The van der Waals surface area contributed by atoms with Crippen LogP contribution in [0.25, 0.3) is 11.2 Å². The van der Waals surface area contributed by atoms with E-state index >= 15 is 0 Å². The molecule has 1 fully saturated rings. The zero-order valence-corrected chi connectivity index (χ0v) is 12.2. The largest absolute Gasteiger partial charge is 0.352 e. The lowest BCUT2D eigenvalue weighted by atomic mass is 10.3. The van der Waals surface area contributed by atoms with Crippen LogP contribution < -0.4 is 10.2 Å². The zero-order chi connectivity index (χ0) is 11.7. The SMILES string of the molecule is CCn1nnc2c(N3CCNCC3)ncnc21.Cl.Cl. The van der Waals surface area contributed by atoms with E-state index in [1.807, 2.05) is 6.92 Å². The average molecular weight is 306 g/mol. The highest BCUT2D eigenvalue weighted by atomic mass is 35.5. The Labute approximate surface area is 123 Å². The molecule has 1 saturated heterocycles. The van der Waals surface area contributed by atoms with Crippen molar-refractivity contribution < 1.29 is 0 Å². The maximum atomic E-state index is 4.35. The third kappa shape index (κ3) is 2.88. The Bertz CT molecular complexity index is 524. The number of halogens is 2. The van der Waals surface area contributed by atoms with Crippen LogP contribution in [0.1, 0.15) is 6.92 Å². The van der Waals surface area contributed by atoms with Gasteiger partial charge >= 0.3 is 0 Å². The van der Waals surface area contributed by atoms with Crippen molar-refractivity contribution in [3.63, 3.8) is 0 Å². The Morgan fingerprint density at radius 2 is 1.95 bits per heavy atom. The Morgan fingerprint density at radius 1 is 1.21 bits per heavy atom. The first-order chi connectivity index (χ1) is 8.40. The van der Waals surface area contributed by atoms with E-state index in [9.17, 15) is 0 Å². The van der Waals surface area contributed by atoms with Gasteiger partial charge in [0.15, 0.2) is 17.0 Å². The second-order valence-electron chi connectivity index (χ2n) is 4.01. The minimum atomic E-state index is 0. The van der Waals surface area contributed by atoms with Crippen LogP contribution in [0.2, 0.25) is 0 Å². The topological polar surface area (TPSA) is 71.8 Å². The molecule has 2 aromatic rings. The Kier molecular flexibility index (Phi) is 5.71. The first kappa shape index (κ1) is 15.9. The van der Waals surface area contributed by atoms with Crippen molar-refractivity contribution in [2.75, 3.05) is 31.1 Å². The molecule has 2 aromatic heterocycles. The number of aryl methyl sites for hydroxylation is 1. The molecule has 1 aliphatic heterocycles. The molecule has 0 aliphatic carbocycles. The van der Waals surface area contributed by atoms with Gasteiger partial charge in [0.25, 0.3) is 0 Å². The number of piperazine rings is 1. The summed E-state index contributed by atoms with van der Waals surface area (Å²) in [6.07, 6.45) is 1.59. The van der Waals surface area contributed by atoms with Gasteiger partial charge in [-0.15, -0.1) is 29.9 Å². The van der Waals surface area contributed by atoms with Gasteiger partial charge < -0.3 is 10.2 Å². The van der Waals surface area contributed by atoms with Crippen LogP contribution >= 0.6 is 24.8 Å². The summed E-state index contributed by atoms with van der Waals surface area (Å²) < 4.78 is 1.79. The first-order valence-electron chi connectivity index (χ1n) is 5.90. The molecule has 0 spiro atoms. The van der Waals surface area contributed by atoms with Crippen LogP contribution in [0.3, 0.4) is 0 Å². The van der Waals surface area contributed by atoms with Gasteiger partial charge in [-0.25, -0.2) is 14.6 Å². The van der Waals surface area contributed by atoms with Crippen molar-refractivity contribution in [3.8, 4) is 0 Å². The fourth-order valence-electron chi connectivity index (χ4n) is 2.10. The van der Waals surface area contributed by atoms with Crippen LogP contribution in [0.4, 0.5) is 5.82 Å². The molecule has 106 valence electrons. The van der Waals surface area contributed by atoms with Crippen LogP contribution in [-0.2, 0) is 6.54 Å². The van der Waals surface area contributed by atoms with Gasteiger partial charge in [0.05, 0.1) is 0 Å². The van der Waals surface area contributed by atoms with Crippen molar-refractivity contribution in [2.45, 2.75) is 13.5 Å². The summed E-state index contributed by atoms with van der Waals surface area (Å²) in [6.45, 7) is 6.66.